The Morgan fingerprint density at radius 1 is 1.15 bits per heavy atom. The molecule has 1 aromatic carbocycles. The predicted octanol–water partition coefficient (Wildman–Crippen LogP) is 2.90. The van der Waals surface area contributed by atoms with Crippen molar-refractivity contribution in [3.63, 3.8) is 0 Å². The number of nitrogen functional groups attached to an aromatic ring is 1. The maximum absolute atomic E-state index is 12.3. The van der Waals surface area contributed by atoms with Crippen LogP contribution < -0.4 is 10.5 Å². The maximum atomic E-state index is 12.3. The van der Waals surface area contributed by atoms with Gasteiger partial charge in [0.2, 0.25) is 10.0 Å². The van der Waals surface area contributed by atoms with Crippen molar-refractivity contribution in [3.8, 4) is 0 Å². The minimum atomic E-state index is -3.39. The fraction of sp³-hybridized carbons (Fsp3) is 0.600. The number of hydrogen-bond donors (Lipinski definition) is 2. The third-order valence-corrected chi connectivity index (χ3v) is 4.29. The minimum Gasteiger partial charge on any atom is -0.399 e. The van der Waals surface area contributed by atoms with E-state index in [4.69, 9.17) is 5.73 Å². The van der Waals surface area contributed by atoms with Gasteiger partial charge < -0.3 is 5.73 Å². The average molecular weight is 298 g/mol. The summed E-state index contributed by atoms with van der Waals surface area (Å²) in [7, 11) is -3.39. The van der Waals surface area contributed by atoms with Crippen LogP contribution in [0.4, 0.5) is 5.69 Å². The molecule has 0 aliphatic rings. The van der Waals surface area contributed by atoms with Crippen molar-refractivity contribution in [2.75, 3.05) is 5.73 Å². The maximum Gasteiger partial charge on any atom is 0.216 e. The Balaban J connectivity index is 2.80. The molecule has 0 aliphatic carbocycles. The van der Waals surface area contributed by atoms with E-state index >= 15 is 0 Å². The van der Waals surface area contributed by atoms with E-state index in [1.54, 1.807) is 24.3 Å². The molecule has 20 heavy (non-hydrogen) atoms. The molecule has 5 heteroatoms. The lowest BCUT2D eigenvalue weighted by molar-refractivity contribution is 0.269. The van der Waals surface area contributed by atoms with Gasteiger partial charge in [-0.3, -0.25) is 0 Å². The quantitative estimate of drug-likeness (QED) is 0.821. The van der Waals surface area contributed by atoms with Gasteiger partial charge >= 0.3 is 0 Å². The summed E-state index contributed by atoms with van der Waals surface area (Å²) in [5, 5.41) is 0. The Morgan fingerprint density at radius 2 is 1.75 bits per heavy atom. The second-order valence-electron chi connectivity index (χ2n) is 7.23. The molecule has 0 bridgehead atoms. The lowest BCUT2D eigenvalue weighted by Crippen LogP contribution is -2.46. The van der Waals surface area contributed by atoms with Crippen molar-refractivity contribution < 1.29 is 8.42 Å². The highest BCUT2D eigenvalue weighted by Crippen LogP contribution is 2.27. The largest absolute Gasteiger partial charge is 0.399 e. The van der Waals surface area contributed by atoms with E-state index in [-0.39, 0.29) is 11.2 Å². The van der Waals surface area contributed by atoms with Crippen LogP contribution in [0.15, 0.2) is 24.3 Å². The smallest absolute Gasteiger partial charge is 0.216 e. The number of sulfonamides is 1. The Bertz CT molecular complexity index is 557. The molecule has 0 saturated carbocycles. The molecule has 1 rings (SSSR count). The molecule has 0 atom stereocenters. The van der Waals surface area contributed by atoms with Crippen LogP contribution in [0.25, 0.3) is 0 Å². The average Bonchev–Trinajstić information content (AvgIpc) is 2.08. The fourth-order valence-electron chi connectivity index (χ4n) is 2.72. The summed E-state index contributed by atoms with van der Waals surface area (Å²) < 4.78 is 27.3. The van der Waals surface area contributed by atoms with Crippen molar-refractivity contribution in [2.24, 2.45) is 5.41 Å². The van der Waals surface area contributed by atoms with Gasteiger partial charge in [-0.15, -0.1) is 0 Å². The fourth-order valence-corrected chi connectivity index (χ4v) is 4.33. The van der Waals surface area contributed by atoms with E-state index < -0.39 is 15.6 Å². The highest BCUT2D eigenvalue weighted by molar-refractivity contribution is 7.88. The topological polar surface area (TPSA) is 72.2 Å². The number of hydrogen-bond acceptors (Lipinski definition) is 3. The number of nitrogens with one attached hydrogen (secondary N) is 1. The Kier molecular flexibility index (Phi) is 4.87. The van der Waals surface area contributed by atoms with Gasteiger partial charge in [0.15, 0.2) is 0 Å². The van der Waals surface area contributed by atoms with Gasteiger partial charge in [0.05, 0.1) is 5.75 Å². The SMILES string of the molecule is CC(C)(C)CC(C)(C)NS(=O)(=O)Cc1cccc(N)c1. The molecule has 3 N–H and O–H groups in total. The van der Waals surface area contributed by atoms with E-state index in [1.807, 2.05) is 13.8 Å². The van der Waals surface area contributed by atoms with Crippen LogP contribution in [0.5, 0.6) is 0 Å². The second kappa shape index (κ2) is 5.74. The van der Waals surface area contributed by atoms with Crippen molar-refractivity contribution in [1.29, 1.82) is 0 Å². The number of nitrogens with two attached hydrogens (primary N) is 1. The zero-order valence-electron chi connectivity index (χ0n) is 13.0. The summed E-state index contributed by atoms with van der Waals surface area (Å²) in [5.41, 5.74) is 6.53. The van der Waals surface area contributed by atoms with Gasteiger partial charge in [0, 0.05) is 11.2 Å². The van der Waals surface area contributed by atoms with Gasteiger partial charge in [-0.25, -0.2) is 13.1 Å². The van der Waals surface area contributed by atoms with Crippen LogP contribution in [0, 0.1) is 5.41 Å². The molecule has 0 heterocycles. The van der Waals surface area contributed by atoms with E-state index in [0.29, 0.717) is 11.3 Å². The van der Waals surface area contributed by atoms with Crippen molar-refractivity contribution in [1.82, 2.24) is 4.72 Å². The highest BCUT2D eigenvalue weighted by Gasteiger charge is 2.29. The van der Waals surface area contributed by atoms with Gasteiger partial charge in [0.1, 0.15) is 0 Å². The first-order valence-electron chi connectivity index (χ1n) is 6.75. The van der Waals surface area contributed by atoms with E-state index in [9.17, 15) is 8.42 Å². The van der Waals surface area contributed by atoms with E-state index in [0.717, 1.165) is 6.42 Å². The van der Waals surface area contributed by atoms with Crippen molar-refractivity contribution in [3.05, 3.63) is 29.8 Å². The van der Waals surface area contributed by atoms with Crippen LogP contribution >= 0.6 is 0 Å². The third-order valence-electron chi connectivity index (χ3n) is 2.71. The van der Waals surface area contributed by atoms with Crippen molar-refractivity contribution >= 4 is 15.7 Å². The summed E-state index contributed by atoms with van der Waals surface area (Å²) >= 11 is 0. The van der Waals surface area contributed by atoms with Gasteiger partial charge in [-0.2, -0.15) is 0 Å². The molecular formula is C15H26N2O2S. The van der Waals surface area contributed by atoms with Crippen LogP contribution in [0.3, 0.4) is 0 Å². The Morgan fingerprint density at radius 3 is 2.25 bits per heavy atom. The molecule has 0 aromatic heterocycles. The first kappa shape index (κ1) is 17.0. The van der Waals surface area contributed by atoms with E-state index in [2.05, 4.69) is 25.5 Å². The van der Waals surface area contributed by atoms with Crippen LogP contribution in [-0.4, -0.2) is 14.0 Å². The van der Waals surface area contributed by atoms with Gasteiger partial charge in [0.25, 0.3) is 0 Å². The molecule has 0 saturated heterocycles. The molecule has 0 spiro atoms. The summed E-state index contributed by atoms with van der Waals surface area (Å²) in [5.74, 6) is -0.0500. The lowest BCUT2D eigenvalue weighted by Gasteiger charge is -2.33. The zero-order valence-corrected chi connectivity index (χ0v) is 13.8. The summed E-state index contributed by atoms with van der Waals surface area (Å²) in [6, 6.07) is 6.97. The minimum absolute atomic E-state index is 0.0500. The summed E-state index contributed by atoms with van der Waals surface area (Å²) in [6.07, 6.45) is 0.760. The molecule has 114 valence electrons. The van der Waals surface area contributed by atoms with Gasteiger partial charge in [-0.05, 0) is 43.4 Å². The molecule has 4 nitrogen and oxygen atoms in total. The van der Waals surface area contributed by atoms with Crippen LogP contribution in [-0.2, 0) is 15.8 Å². The predicted molar refractivity (Wildman–Crippen MR) is 84.8 cm³/mol. The Hall–Kier alpha value is -1.07. The van der Waals surface area contributed by atoms with E-state index in [1.165, 1.54) is 0 Å². The Labute approximate surface area is 122 Å². The summed E-state index contributed by atoms with van der Waals surface area (Å²) in [4.78, 5) is 0. The van der Waals surface area contributed by atoms with Crippen LogP contribution in [0.2, 0.25) is 0 Å². The molecule has 0 radical (unpaired) electrons. The zero-order chi connectivity index (χ0) is 15.6. The second-order valence-corrected chi connectivity index (χ2v) is 8.95. The first-order valence-corrected chi connectivity index (χ1v) is 8.40. The lowest BCUT2D eigenvalue weighted by atomic mass is 9.82. The number of rotatable bonds is 5. The summed E-state index contributed by atoms with van der Waals surface area (Å²) in [6.45, 7) is 10.1. The molecular weight excluding hydrogens is 272 g/mol. The van der Waals surface area contributed by atoms with Crippen molar-refractivity contribution in [2.45, 2.75) is 52.3 Å². The van der Waals surface area contributed by atoms with Crippen LogP contribution in [0.1, 0.15) is 46.6 Å². The molecule has 0 unspecified atom stereocenters. The highest BCUT2D eigenvalue weighted by atomic mass is 32.2. The molecule has 0 amide bonds. The third kappa shape index (κ3) is 6.39. The normalized spacial score (nSPS) is 13.4. The monoisotopic (exact) mass is 298 g/mol. The molecule has 0 aliphatic heterocycles. The number of anilines is 1. The standard InChI is InChI=1S/C15H26N2O2S/c1-14(2,3)11-15(4,5)17-20(18,19)10-12-7-6-8-13(16)9-12/h6-9,17H,10-11,16H2,1-5H3. The first-order chi connectivity index (χ1) is 8.89. The molecule has 1 aromatic rings. The molecule has 0 fully saturated rings. The number of benzene rings is 1. The van der Waals surface area contributed by atoms with Gasteiger partial charge in [-0.1, -0.05) is 32.9 Å².